The van der Waals surface area contributed by atoms with Gasteiger partial charge in [0, 0.05) is 30.4 Å². The highest BCUT2D eigenvalue weighted by molar-refractivity contribution is 5.89. The van der Waals surface area contributed by atoms with Crippen LogP contribution in [0.3, 0.4) is 0 Å². The third-order valence-electron chi connectivity index (χ3n) is 5.64. The first-order valence-electron chi connectivity index (χ1n) is 10.8. The summed E-state index contributed by atoms with van der Waals surface area (Å²) in [6.07, 6.45) is 1.99. The second kappa shape index (κ2) is 9.64. The van der Waals surface area contributed by atoms with Crippen molar-refractivity contribution < 1.29 is 19.1 Å². The van der Waals surface area contributed by atoms with Crippen LogP contribution in [-0.2, 0) is 14.3 Å². The van der Waals surface area contributed by atoms with Crippen LogP contribution < -0.4 is 10.6 Å². The van der Waals surface area contributed by atoms with Crippen molar-refractivity contribution in [3.05, 3.63) is 66.2 Å². The van der Waals surface area contributed by atoms with E-state index in [-0.39, 0.29) is 29.9 Å². The molecule has 2 aromatic rings. The van der Waals surface area contributed by atoms with Gasteiger partial charge in [0.05, 0.1) is 5.92 Å². The van der Waals surface area contributed by atoms with Crippen LogP contribution >= 0.6 is 0 Å². The van der Waals surface area contributed by atoms with Gasteiger partial charge in [-0.1, -0.05) is 48.5 Å². The number of para-hydroxylation sites is 1. The fraction of sp³-hybridized carbons (Fsp3) is 0.375. The number of hydrogen-bond acceptors (Lipinski definition) is 4. The van der Waals surface area contributed by atoms with Gasteiger partial charge in [0.1, 0.15) is 0 Å². The zero-order valence-electron chi connectivity index (χ0n) is 17.3. The van der Waals surface area contributed by atoms with Crippen LogP contribution in [0.25, 0.3) is 0 Å². The molecule has 2 fully saturated rings. The van der Waals surface area contributed by atoms with E-state index in [0.717, 1.165) is 18.5 Å². The minimum atomic E-state index is -0.950. The van der Waals surface area contributed by atoms with Gasteiger partial charge in [-0.2, -0.15) is 0 Å². The van der Waals surface area contributed by atoms with Crippen LogP contribution in [0.2, 0.25) is 0 Å². The molecule has 4 rings (SSSR count). The molecular formula is C24H27N3O4. The maximum Gasteiger partial charge on any atom is 0.321 e. The number of anilines is 1. The Kier molecular flexibility index (Phi) is 6.50. The summed E-state index contributed by atoms with van der Waals surface area (Å²) in [5.74, 6) is -0.995. The lowest BCUT2D eigenvalue weighted by Gasteiger charge is -2.31. The average molecular weight is 421 g/mol. The van der Waals surface area contributed by atoms with Gasteiger partial charge in [0.15, 0.2) is 0 Å². The normalized spacial score (nSPS) is 17.5. The molecule has 7 nitrogen and oxygen atoms in total. The predicted molar refractivity (Wildman–Crippen MR) is 116 cm³/mol. The molecule has 162 valence electrons. The molecule has 1 aliphatic carbocycles. The first-order chi connectivity index (χ1) is 15.1. The third kappa shape index (κ3) is 5.63. The monoisotopic (exact) mass is 421 g/mol. The van der Waals surface area contributed by atoms with E-state index in [2.05, 4.69) is 10.6 Å². The summed E-state index contributed by atoms with van der Waals surface area (Å²) in [4.78, 5) is 39.7. The number of ether oxygens (including phenoxy) is 1. The van der Waals surface area contributed by atoms with Gasteiger partial charge >= 0.3 is 12.0 Å². The van der Waals surface area contributed by atoms with Crippen LogP contribution in [0.1, 0.15) is 37.4 Å². The Morgan fingerprint density at radius 2 is 1.48 bits per heavy atom. The number of carbonyl (C=O) groups excluding carboxylic acids is 3. The lowest BCUT2D eigenvalue weighted by Crippen LogP contribution is -2.43. The van der Waals surface area contributed by atoms with Crippen molar-refractivity contribution in [3.63, 3.8) is 0 Å². The number of likely N-dealkylation sites (tertiary alicyclic amines) is 1. The van der Waals surface area contributed by atoms with Gasteiger partial charge in [-0.3, -0.25) is 9.59 Å². The van der Waals surface area contributed by atoms with Crippen molar-refractivity contribution in [2.45, 2.75) is 37.8 Å². The van der Waals surface area contributed by atoms with E-state index in [1.165, 1.54) is 0 Å². The first-order valence-corrected chi connectivity index (χ1v) is 10.8. The van der Waals surface area contributed by atoms with Crippen molar-refractivity contribution in [2.24, 2.45) is 5.92 Å². The summed E-state index contributed by atoms with van der Waals surface area (Å²) >= 11 is 0. The van der Waals surface area contributed by atoms with E-state index < -0.39 is 6.10 Å². The van der Waals surface area contributed by atoms with Crippen molar-refractivity contribution in [1.29, 1.82) is 0 Å². The lowest BCUT2D eigenvalue weighted by atomic mass is 9.97. The standard InChI is InChI=1S/C24H27N3O4/c28-22(25-20-11-12-20)21(17-7-3-1-4-8-17)31-23(29)18-13-15-27(16-14-18)24(30)26-19-9-5-2-6-10-19/h1-10,18,20-21H,11-16H2,(H,25,28)(H,26,30)/t21-/m0/s1. The molecule has 0 spiro atoms. The van der Waals surface area contributed by atoms with Crippen molar-refractivity contribution in [1.82, 2.24) is 10.2 Å². The number of rotatable bonds is 6. The highest BCUT2D eigenvalue weighted by Crippen LogP contribution is 2.26. The maximum atomic E-state index is 12.8. The van der Waals surface area contributed by atoms with E-state index in [1.807, 2.05) is 48.5 Å². The highest BCUT2D eigenvalue weighted by Gasteiger charge is 2.34. The number of esters is 1. The zero-order valence-corrected chi connectivity index (χ0v) is 17.3. The van der Waals surface area contributed by atoms with Crippen LogP contribution in [0.5, 0.6) is 0 Å². The average Bonchev–Trinajstić information content (AvgIpc) is 3.62. The molecule has 3 amide bonds. The largest absolute Gasteiger partial charge is 0.447 e. The van der Waals surface area contributed by atoms with Crippen LogP contribution in [0, 0.1) is 5.92 Å². The Morgan fingerprint density at radius 1 is 0.871 bits per heavy atom. The smallest absolute Gasteiger partial charge is 0.321 e. The molecule has 2 N–H and O–H groups in total. The van der Waals surface area contributed by atoms with E-state index in [9.17, 15) is 14.4 Å². The van der Waals surface area contributed by atoms with Crippen LogP contribution in [0.4, 0.5) is 10.5 Å². The molecule has 0 aromatic heterocycles. The summed E-state index contributed by atoms with van der Waals surface area (Å²) in [6.45, 7) is 0.922. The molecule has 0 unspecified atom stereocenters. The molecule has 0 radical (unpaired) electrons. The van der Waals surface area contributed by atoms with Crippen molar-refractivity contribution >= 4 is 23.6 Å². The Labute approximate surface area is 181 Å². The fourth-order valence-corrected chi connectivity index (χ4v) is 3.66. The number of urea groups is 1. The summed E-state index contributed by atoms with van der Waals surface area (Å²) < 4.78 is 5.69. The Hall–Kier alpha value is -3.35. The van der Waals surface area contributed by atoms with Crippen molar-refractivity contribution in [2.75, 3.05) is 18.4 Å². The van der Waals surface area contributed by atoms with Gasteiger partial charge < -0.3 is 20.3 Å². The quantitative estimate of drug-likeness (QED) is 0.699. The molecule has 2 aromatic carbocycles. The molecule has 1 atom stereocenters. The highest BCUT2D eigenvalue weighted by atomic mass is 16.5. The van der Waals surface area contributed by atoms with Crippen molar-refractivity contribution in [3.8, 4) is 0 Å². The molecule has 31 heavy (non-hydrogen) atoms. The molecule has 1 saturated carbocycles. The minimum Gasteiger partial charge on any atom is -0.447 e. The minimum absolute atomic E-state index is 0.177. The van der Waals surface area contributed by atoms with Gasteiger partial charge in [-0.15, -0.1) is 0 Å². The van der Waals surface area contributed by atoms with E-state index in [0.29, 0.717) is 31.5 Å². The number of nitrogens with one attached hydrogen (secondary N) is 2. The molecule has 1 saturated heterocycles. The topological polar surface area (TPSA) is 87.7 Å². The summed E-state index contributed by atoms with van der Waals surface area (Å²) in [5, 5.41) is 5.79. The molecule has 1 aliphatic heterocycles. The molecule has 0 bridgehead atoms. The maximum absolute atomic E-state index is 12.8. The SMILES string of the molecule is O=C(O[C@H](C(=O)NC1CC1)c1ccccc1)C1CCN(C(=O)Nc2ccccc2)CC1. The van der Waals surface area contributed by atoms with E-state index in [1.54, 1.807) is 17.0 Å². The van der Waals surface area contributed by atoms with Gasteiger partial charge in [0.25, 0.3) is 5.91 Å². The summed E-state index contributed by atoms with van der Waals surface area (Å²) in [7, 11) is 0. The summed E-state index contributed by atoms with van der Waals surface area (Å²) in [6, 6.07) is 18.4. The first kappa shape index (κ1) is 20.9. The molecule has 2 aliphatic rings. The Bertz CT molecular complexity index is 907. The number of amides is 3. The number of piperidine rings is 1. The van der Waals surface area contributed by atoms with E-state index >= 15 is 0 Å². The van der Waals surface area contributed by atoms with Gasteiger partial charge in [-0.25, -0.2) is 4.79 Å². The fourth-order valence-electron chi connectivity index (χ4n) is 3.66. The third-order valence-corrected chi connectivity index (χ3v) is 5.64. The summed E-state index contributed by atoms with van der Waals surface area (Å²) in [5.41, 5.74) is 1.40. The number of carbonyl (C=O) groups is 3. The predicted octanol–water partition coefficient (Wildman–Crippen LogP) is 3.49. The Morgan fingerprint density at radius 3 is 2.10 bits per heavy atom. The van der Waals surface area contributed by atoms with E-state index in [4.69, 9.17) is 4.74 Å². The van der Waals surface area contributed by atoms with Crippen LogP contribution in [0.15, 0.2) is 60.7 Å². The second-order valence-electron chi connectivity index (χ2n) is 8.07. The van der Waals surface area contributed by atoms with Crippen LogP contribution in [-0.4, -0.2) is 41.9 Å². The number of benzene rings is 2. The molecular weight excluding hydrogens is 394 g/mol. The van der Waals surface area contributed by atoms with Gasteiger partial charge in [-0.05, 0) is 37.8 Å². The van der Waals surface area contributed by atoms with Gasteiger partial charge in [0.2, 0.25) is 6.10 Å². The number of hydrogen-bond donors (Lipinski definition) is 2. The number of nitrogens with zero attached hydrogens (tertiary/aromatic N) is 1. The molecule has 1 heterocycles. The second-order valence-corrected chi connectivity index (χ2v) is 8.07. The Balaban J connectivity index is 1.32. The lowest BCUT2D eigenvalue weighted by molar-refractivity contribution is -0.161. The zero-order chi connectivity index (χ0) is 21.6. The molecule has 7 heteroatoms.